The molecule has 140 valence electrons. The topological polar surface area (TPSA) is 84.5 Å². The van der Waals surface area contributed by atoms with Crippen molar-refractivity contribution in [3.8, 4) is 0 Å². The molecule has 1 N–H and O–H groups in total. The molecule has 0 bridgehead atoms. The molecular formula is C17H24N6O2S. The van der Waals surface area contributed by atoms with Gasteiger partial charge in [-0.1, -0.05) is 19.3 Å². The van der Waals surface area contributed by atoms with E-state index in [1.165, 1.54) is 15.5 Å². The fourth-order valence-electron chi connectivity index (χ4n) is 3.69. The van der Waals surface area contributed by atoms with Gasteiger partial charge in [0.2, 0.25) is 11.6 Å². The van der Waals surface area contributed by atoms with Gasteiger partial charge in [0.15, 0.2) is 5.82 Å². The van der Waals surface area contributed by atoms with Crippen molar-refractivity contribution >= 4 is 29.1 Å². The van der Waals surface area contributed by atoms with Gasteiger partial charge in [0, 0.05) is 43.0 Å². The number of nitrogens with zero attached hydrogens (tertiary/aromatic N) is 5. The second-order valence-electron chi connectivity index (χ2n) is 6.89. The Morgan fingerprint density at radius 2 is 2.00 bits per heavy atom. The number of thioether (sulfide) groups is 1. The highest BCUT2D eigenvalue weighted by Gasteiger charge is 2.21. The predicted molar refractivity (Wildman–Crippen MR) is 102 cm³/mol. The van der Waals surface area contributed by atoms with Crippen LogP contribution in [0, 0.1) is 0 Å². The molecule has 0 spiro atoms. The Hall–Kier alpha value is -2.03. The number of fused-ring (bicyclic) bond motifs is 1. The van der Waals surface area contributed by atoms with E-state index < -0.39 is 0 Å². The summed E-state index contributed by atoms with van der Waals surface area (Å²) < 4.78 is 2.73. The van der Waals surface area contributed by atoms with Gasteiger partial charge in [-0.3, -0.25) is 4.79 Å². The van der Waals surface area contributed by atoms with E-state index >= 15 is 0 Å². The van der Waals surface area contributed by atoms with Crippen molar-refractivity contribution in [2.45, 2.75) is 44.7 Å². The fraction of sp³-hybridized carbons (Fsp3) is 0.647. The van der Waals surface area contributed by atoms with E-state index in [1.54, 1.807) is 12.4 Å². The first-order valence-electron chi connectivity index (χ1n) is 9.28. The number of carbonyl (C=O) groups is 1. The number of anilines is 1. The first kappa shape index (κ1) is 17.4. The zero-order valence-electron chi connectivity index (χ0n) is 14.8. The highest BCUT2D eigenvalue weighted by Crippen LogP contribution is 2.20. The van der Waals surface area contributed by atoms with Crippen LogP contribution in [0.4, 0.5) is 5.82 Å². The summed E-state index contributed by atoms with van der Waals surface area (Å²) >= 11 is 1.92. The van der Waals surface area contributed by atoms with Crippen LogP contribution < -0.4 is 15.9 Å². The summed E-state index contributed by atoms with van der Waals surface area (Å²) in [6.07, 6.45) is 8.83. The SMILES string of the molecule is O=C(Cn1nc2c(N3CCSCC3)nccn2c1=O)NC1CCCCC1. The van der Waals surface area contributed by atoms with Crippen LogP contribution in [0.2, 0.25) is 0 Å². The molecular weight excluding hydrogens is 352 g/mol. The van der Waals surface area contributed by atoms with Crippen molar-refractivity contribution in [3.63, 3.8) is 0 Å². The zero-order valence-corrected chi connectivity index (χ0v) is 15.6. The smallest absolute Gasteiger partial charge is 0.350 e. The van der Waals surface area contributed by atoms with E-state index in [1.807, 2.05) is 11.8 Å². The van der Waals surface area contributed by atoms with E-state index in [0.717, 1.165) is 56.1 Å². The normalized spacial score (nSPS) is 19.0. The molecule has 8 nitrogen and oxygen atoms in total. The molecule has 2 aromatic heterocycles. The third-order valence-corrected chi connectivity index (χ3v) is 6.00. The number of nitrogens with one attached hydrogen (secondary N) is 1. The van der Waals surface area contributed by atoms with E-state index in [0.29, 0.717) is 5.65 Å². The Labute approximate surface area is 156 Å². The summed E-state index contributed by atoms with van der Waals surface area (Å²) in [4.78, 5) is 31.6. The number of hydrogen-bond acceptors (Lipinski definition) is 6. The van der Waals surface area contributed by atoms with Gasteiger partial charge in [-0.2, -0.15) is 11.8 Å². The lowest BCUT2D eigenvalue weighted by Gasteiger charge is -2.27. The number of rotatable bonds is 4. The molecule has 9 heteroatoms. The summed E-state index contributed by atoms with van der Waals surface area (Å²) in [5.41, 5.74) is 0.226. The van der Waals surface area contributed by atoms with Gasteiger partial charge < -0.3 is 10.2 Å². The van der Waals surface area contributed by atoms with Gasteiger partial charge in [0.05, 0.1) is 0 Å². The van der Waals surface area contributed by atoms with Gasteiger partial charge in [-0.25, -0.2) is 18.9 Å². The third-order valence-electron chi connectivity index (χ3n) is 5.06. The number of aromatic nitrogens is 4. The minimum Gasteiger partial charge on any atom is -0.352 e. The Bertz CT molecular complexity index is 835. The maximum Gasteiger partial charge on any atom is 0.350 e. The molecule has 0 radical (unpaired) electrons. The van der Waals surface area contributed by atoms with Crippen molar-refractivity contribution in [2.24, 2.45) is 0 Å². The monoisotopic (exact) mass is 376 g/mol. The van der Waals surface area contributed by atoms with Gasteiger partial charge >= 0.3 is 5.69 Å². The van der Waals surface area contributed by atoms with Crippen LogP contribution >= 0.6 is 11.8 Å². The molecule has 0 unspecified atom stereocenters. The summed E-state index contributed by atoms with van der Waals surface area (Å²) in [6, 6.07) is 0.229. The van der Waals surface area contributed by atoms with Gasteiger partial charge in [0.1, 0.15) is 6.54 Å². The van der Waals surface area contributed by atoms with Gasteiger partial charge in [0.25, 0.3) is 0 Å². The lowest BCUT2D eigenvalue weighted by atomic mass is 9.95. The standard InChI is InChI=1S/C17H24N6O2S/c24-14(19-13-4-2-1-3-5-13)12-23-17(25)22-7-6-18-15(16(22)20-23)21-8-10-26-11-9-21/h6-7,13H,1-5,8-12H2,(H,19,24). The van der Waals surface area contributed by atoms with Crippen LogP contribution in [0.3, 0.4) is 0 Å². The van der Waals surface area contributed by atoms with Crippen molar-refractivity contribution in [1.29, 1.82) is 0 Å². The Kier molecular flexibility index (Phi) is 5.14. The van der Waals surface area contributed by atoms with Crippen LogP contribution in [0.25, 0.3) is 5.65 Å². The maximum atomic E-state index is 12.6. The fourth-order valence-corrected chi connectivity index (χ4v) is 4.60. The number of carbonyl (C=O) groups excluding carboxylic acids is 1. The minimum absolute atomic E-state index is 0.0493. The first-order chi connectivity index (χ1) is 12.7. The average molecular weight is 376 g/mol. The highest BCUT2D eigenvalue weighted by molar-refractivity contribution is 7.99. The molecule has 2 aromatic rings. The zero-order chi connectivity index (χ0) is 17.9. The van der Waals surface area contributed by atoms with Crippen LogP contribution in [0.1, 0.15) is 32.1 Å². The highest BCUT2D eigenvalue weighted by atomic mass is 32.2. The molecule has 1 aliphatic heterocycles. The first-order valence-corrected chi connectivity index (χ1v) is 10.4. The molecule has 0 atom stereocenters. The molecule has 4 rings (SSSR count). The van der Waals surface area contributed by atoms with E-state index in [9.17, 15) is 9.59 Å². The Morgan fingerprint density at radius 3 is 2.77 bits per heavy atom. The average Bonchev–Trinajstić information content (AvgIpc) is 2.99. The molecule has 26 heavy (non-hydrogen) atoms. The maximum absolute atomic E-state index is 12.6. The van der Waals surface area contributed by atoms with Crippen LogP contribution in [-0.2, 0) is 11.3 Å². The minimum atomic E-state index is -0.297. The van der Waals surface area contributed by atoms with Crippen molar-refractivity contribution < 1.29 is 4.79 Å². The van der Waals surface area contributed by atoms with Crippen LogP contribution in [0.15, 0.2) is 17.2 Å². The summed E-state index contributed by atoms with van der Waals surface area (Å²) in [7, 11) is 0. The van der Waals surface area contributed by atoms with Crippen LogP contribution in [-0.4, -0.2) is 55.7 Å². The quantitative estimate of drug-likeness (QED) is 0.853. The Morgan fingerprint density at radius 1 is 1.23 bits per heavy atom. The van der Waals surface area contributed by atoms with E-state index in [-0.39, 0.29) is 24.2 Å². The van der Waals surface area contributed by atoms with Gasteiger partial charge in [-0.05, 0) is 12.8 Å². The second-order valence-corrected chi connectivity index (χ2v) is 8.11. The molecule has 0 aromatic carbocycles. The molecule has 1 saturated carbocycles. The number of hydrogen-bond donors (Lipinski definition) is 1. The largest absolute Gasteiger partial charge is 0.352 e. The van der Waals surface area contributed by atoms with E-state index in [2.05, 4.69) is 20.3 Å². The molecule has 3 heterocycles. The summed E-state index contributed by atoms with van der Waals surface area (Å²) in [5.74, 6) is 2.65. The molecule has 1 amide bonds. The summed E-state index contributed by atoms with van der Waals surface area (Å²) in [5, 5.41) is 7.46. The van der Waals surface area contributed by atoms with Crippen molar-refractivity contribution in [3.05, 3.63) is 22.9 Å². The van der Waals surface area contributed by atoms with Gasteiger partial charge in [-0.15, -0.1) is 5.10 Å². The molecule has 2 aliphatic rings. The third kappa shape index (κ3) is 3.58. The summed E-state index contributed by atoms with van der Waals surface area (Å²) in [6.45, 7) is 1.73. The van der Waals surface area contributed by atoms with E-state index in [4.69, 9.17) is 0 Å². The van der Waals surface area contributed by atoms with Crippen molar-refractivity contribution in [2.75, 3.05) is 29.5 Å². The Balaban J connectivity index is 1.55. The molecule has 2 fully saturated rings. The lowest BCUT2D eigenvalue weighted by molar-refractivity contribution is -0.122. The molecule has 1 aliphatic carbocycles. The van der Waals surface area contributed by atoms with Crippen LogP contribution in [0.5, 0.6) is 0 Å². The second kappa shape index (κ2) is 7.69. The van der Waals surface area contributed by atoms with Crippen molar-refractivity contribution in [1.82, 2.24) is 24.5 Å². The molecule has 1 saturated heterocycles. The predicted octanol–water partition coefficient (Wildman–Crippen LogP) is 0.893. The lowest BCUT2D eigenvalue weighted by Crippen LogP contribution is -2.40. The number of amides is 1.